The molecule has 1 aliphatic rings. The lowest BCUT2D eigenvalue weighted by molar-refractivity contribution is -0.124. The lowest BCUT2D eigenvalue weighted by atomic mass is 10.0. The topological polar surface area (TPSA) is 94.5 Å². The lowest BCUT2D eigenvalue weighted by Gasteiger charge is -2.30. The van der Waals surface area contributed by atoms with Crippen LogP contribution in [0.25, 0.3) is 0 Å². The summed E-state index contributed by atoms with van der Waals surface area (Å²) in [6.45, 7) is 5.76. The Morgan fingerprint density at radius 3 is 2.44 bits per heavy atom. The highest BCUT2D eigenvalue weighted by molar-refractivity contribution is 5.87. The molecule has 146 valence electrons. The highest BCUT2D eigenvalue weighted by Crippen LogP contribution is 2.08. The Morgan fingerprint density at radius 1 is 1.19 bits per heavy atom. The number of carbonyl (C=O) groups is 2. The predicted molar refractivity (Wildman–Crippen MR) is 102 cm³/mol. The number of urea groups is 1. The number of benzene rings is 1. The van der Waals surface area contributed by atoms with Crippen molar-refractivity contribution >= 4 is 11.9 Å². The van der Waals surface area contributed by atoms with E-state index in [0.717, 1.165) is 5.56 Å². The number of amides is 3. The smallest absolute Gasteiger partial charge is 0.318 e. The van der Waals surface area contributed by atoms with Crippen molar-refractivity contribution in [2.45, 2.75) is 38.8 Å². The third kappa shape index (κ3) is 6.57. The summed E-state index contributed by atoms with van der Waals surface area (Å²) < 4.78 is 5.24. The minimum absolute atomic E-state index is 0.0940. The summed E-state index contributed by atoms with van der Waals surface area (Å²) in [7, 11) is 0. The molecule has 27 heavy (non-hydrogen) atoms. The molecule has 7 nitrogen and oxygen atoms in total. The molecule has 0 unspecified atom stereocenters. The maximum absolute atomic E-state index is 12.7. The van der Waals surface area contributed by atoms with Crippen molar-refractivity contribution in [1.82, 2.24) is 15.5 Å². The van der Waals surface area contributed by atoms with Gasteiger partial charge in [-0.25, -0.2) is 4.79 Å². The molecule has 0 radical (unpaired) electrons. The molecule has 0 bridgehead atoms. The molecule has 0 aliphatic carbocycles. The van der Waals surface area contributed by atoms with Gasteiger partial charge in [0.1, 0.15) is 12.1 Å². The van der Waals surface area contributed by atoms with Gasteiger partial charge in [0.05, 0.1) is 19.3 Å². The summed E-state index contributed by atoms with van der Waals surface area (Å²) in [6.07, 6.45) is 1.22. The first-order valence-electron chi connectivity index (χ1n) is 9.38. The molecule has 1 aliphatic heterocycles. The van der Waals surface area contributed by atoms with Crippen LogP contribution in [-0.2, 0) is 16.0 Å². The van der Waals surface area contributed by atoms with Crippen LogP contribution in [0.1, 0.15) is 25.8 Å². The van der Waals surface area contributed by atoms with Crippen LogP contribution >= 0.6 is 0 Å². The van der Waals surface area contributed by atoms with E-state index in [0.29, 0.717) is 39.1 Å². The van der Waals surface area contributed by atoms with Gasteiger partial charge in [0.25, 0.3) is 0 Å². The molecular formula is C20H28N4O3. The van der Waals surface area contributed by atoms with Crippen LogP contribution in [0.2, 0.25) is 0 Å². The molecule has 1 heterocycles. The molecule has 1 saturated heterocycles. The zero-order valence-corrected chi connectivity index (χ0v) is 16.0. The molecule has 0 spiro atoms. The van der Waals surface area contributed by atoms with Crippen LogP contribution in [0, 0.1) is 17.2 Å². The van der Waals surface area contributed by atoms with Gasteiger partial charge in [-0.2, -0.15) is 5.26 Å². The quantitative estimate of drug-likeness (QED) is 0.762. The summed E-state index contributed by atoms with van der Waals surface area (Å²) in [4.78, 5) is 26.7. The van der Waals surface area contributed by atoms with E-state index in [4.69, 9.17) is 4.74 Å². The fourth-order valence-electron chi connectivity index (χ4n) is 2.91. The number of nitrogens with one attached hydrogen (secondary N) is 2. The molecule has 1 aromatic rings. The van der Waals surface area contributed by atoms with Crippen molar-refractivity contribution in [1.29, 1.82) is 5.26 Å². The summed E-state index contributed by atoms with van der Waals surface area (Å²) in [5.41, 5.74) is 1.12. The van der Waals surface area contributed by atoms with E-state index in [1.54, 1.807) is 4.90 Å². The number of hydrogen-bond acceptors (Lipinski definition) is 4. The second-order valence-corrected chi connectivity index (χ2v) is 6.99. The Bertz CT molecular complexity index is 651. The number of rotatable bonds is 7. The molecule has 1 aromatic carbocycles. The average Bonchev–Trinajstić information content (AvgIpc) is 2.70. The Labute approximate surface area is 160 Å². The van der Waals surface area contributed by atoms with Gasteiger partial charge in [-0.15, -0.1) is 0 Å². The molecule has 2 N–H and O–H groups in total. The highest BCUT2D eigenvalue weighted by atomic mass is 16.5. The van der Waals surface area contributed by atoms with Crippen molar-refractivity contribution in [3.63, 3.8) is 0 Å². The van der Waals surface area contributed by atoms with Crippen molar-refractivity contribution in [3.8, 4) is 6.07 Å². The van der Waals surface area contributed by atoms with Crippen LogP contribution < -0.4 is 10.6 Å². The number of carbonyl (C=O) groups excluding carboxylic acids is 2. The second kappa shape index (κ2) is 10.5. The molecule has 0 saturated carbocycles. The zero-order chi connectivity index (χ0) is 19.6. The van der Waals surface area contributed by atoms with Gasteiger partial charge in [0, 0.05) is 13.1 Å². The fourth-order valence-corrected chi connectivity index (χ4v) is 2.91. The largest absolute Gasteiger partial charge is 0.378 e. The maximum atomic E-state index is 12.7. The van der Waals surface area contributed by atoms with E-state index >= 15 is 0 Å². The second-order valence-electron chi connectivity index (χ2n) is 6.99. The summed E-state index contributed by atoms with van der Waals surface area (Å²) >= 11 is 0. The van der Waals surface area contributed by atoms with E-state index in [-0.39, 0.29) is 17.9 Å². The molecule has 2 rings (SSSR count). The first-order valence-corrected chi connectivity index (χ1v) is 9.38. The number of ether oxygens (including phenoxy) is 1. The first-order chi connectivity index (χ1) is 13.0. The van der Waals surface area contributed by atoms with E-state index in [1.807, 2.05) is 44.2 Å². The third-order valence-electron chi connectivity index (χ3n) is 4.56. The van der Waals surface area contributed by atoms with Crippen molar-refractivity contribution in [2.24, 2.45) is 5.92 Å². The number of morpholine rings is 1. The van der Waals surface area contributed by atoms with Gasteiger partial charge in [-0.3, -0.25) is 4.79 Å². The predicted octanol–water partition coefficient (Wildman–Crippen LogP) is 1.69. The SMILES string of the molecule is CC(C)[C@H](NC(=O)N1CCOCC1)C(=O)N[C@H](C#N)CCc1ccccc1. The minimum Gasteiger partial charge on any atom is -0.378 e. The third-order valence-corrected chi connectivity index (χ3v) is 4.56. The Morgan fingerprint density at radius 2 is 1.85 bits per heavy atom. The van der Waals surface area contributed by atoms with Crippen LogP contribution in [0.4, 0.5) is 4.79 Å². The molecular weight excluding hydrogens is 344 g/mol. The maximum Gasteiger partial charge on any atom is 0.318 e. The van der Waals surface area contributed by atoms with Gasteiger partial charge in [0.15, 0.2) is 0 Å². The van der Waals surface area contributed by atoms with Crippen molar-refractivity contribution < 1.29 is 14.3 Å². The monoisotopic (exact) mass is 372 g/mol. The fraction of sp³-hybridized carbons (Fsp3) is 0.550. The summed E-state index contributed by atoms with van der Waals surface area (Å²) in [5.74, 6) is -0.422. The Kier molecular flexibility index (Phi) is 8.08. The summed E-state index contributed by atoms with van der Waals surface area (Å²) in [6, 6.07) is 10.4. The lowest BCUT2D eigenvalue weighted by Crippen LogP contribution is -2.56. The standard InChI is InChI=1S/C20H28N4O3/c1-15(2)18(23-20(26)24-10-12-27-13-11-24)19(25)22-17(14-21)9-8-16-6-4-3-5-7-16/h3-7,15,17-18H,8-13H2,1-2H3,(H,22,25)(H,23,26)/t17-,18-/m0/s1. The molecule has 3 amide bonds. The summed E-state index contributed by atoms with van der Waals surface area (Å²) in [5, 5.41) is 15.0. The molecule has 0 aromatic heterocycles. The van der Waals surface area contributed by atoms with E-state index < -0.39 is 12.1 Å². The molecule has 7 heteroatoms. The van der Waals surface area contributed by atoms with Crippen LogP contribution in [0.15, 0.2) is 30.3 Å². The highest BCUT2D eigenvalue weighted by Gasteiger charge is 2.28. The normalized spacial score (nSPS) is 16.3. The van der Waals surface area contributed by atoms with E-state index in [9.17, 15) is 14.9 Å². The van der Waals surface area contributed by atoms with Crippen molar-refractivity contribution in [2.75, 3.05) is 26.3 Å². The number of hydrogen-bond donors (Lipinski definition) is 2. The van der Waals surface area contributed by atoms with E-state index in [2.05, 4.69) is 16.7 Å². The Balaban J connectivity index is 1.90. The van der Waals surface area contributed by atoms with Gasteiger partial charge >= 0.3 is 6.03 Å². The minimum atomic E-state index is -0.687. The van der Waals surface area contributed by atoms with Gasteiger partial charge < -0.3 is 20.3 Å². The Hall–Kier alpha value is -2.59. The van der Waals surface area contributed by atoms with Gasteiger partial charge in [-0.05, 0) is 24.3 Å². The zero-order valence-electron chi connectivity index (χ0n) is 16.0. The van der Waals surface area contributed by atoms with Crippen LogP contribution in [0.5, 0.6) is 0 Å². The number of nitrogens with zero attached hydrogens (tertiary/aromatic N) is 2. The number of aryl methyl sites for hydroxylation is 1. The van der Waals surface area contributed by atoms with Gasteiger partial charge in [0.2, 0.25) is 5.91 Å². The first kappa shape index (κ1) is 20.7. The van der Waals surface area contributed by atoms with Gasteiger partial charge in [-0.1, -0.05) is 44.2 Å². The molecule has 1 fully saturated rings. The number of nitriles is 1. The van der Waals surface area contributed by atoms with Crippen LogP contribution in [-0.4, -0.2) is 55.2 Å². The van der Waals surface area contributed by atoms with E-state index in [1.165, 1.54) is 0 Å². The van der Waals surface area contributed by atoms with Crippen molar-refractivity contribution in [3.05, 3.63) is 35.9 Å². The average molecular weight is 372 g/mol. The molecule has 2 atom stereocenters. The van der Waals surface area contributed by atoms with Crippen LogP contribution in [0.3, 0.4) is 0 Å².